The lowest BCUT2D eigenvalue weighted by molar-refractivity contribution is -0.123. The lowest BCUT2D eigenvalue weighted by Gasteiger charge is -2.15. The van der Waals surface area contributed by atoms with Gasteiger partial charge in [-0.3, -0.25) is 4.79 Å². The average molecular weight is 328 g/mol. The van der Waals surface area contributed by atoms with E-state index in [9.17, 15) is 13.6 Å². The third kappa shape index (κ3) is 8.50. The molecule has 4 nitrogen and oxygen atoms in total. The Kier molecular flexibility index (Phi) is 8.55. The molecule has 0 saturated carbocycles. The Balaban J connectivity index is 2.20. The van der Waals surface area contributed by atoms with E-state index < -0.39 is 6.61 Å². The van der Waals surface area contributed by atoms with E-state index in [4.69, 9.17) is 0 Å². The average Bonchev–Trinajstić information content (AvgIpc) is 2.50. The smallest absolute Gasteiger partial charge is 0.387 e. The van der Waals surface area contributed by atoms with Crippen LogP contribution in [0, 0.1) is 5.92 Å². The minimum absolute atomic E-state index is 0.00412. The number of hydrogen-bond acceptors (Lipinski definition) is 3. The van der Waals surface area contributed by atoms with Crippen molar-refractivity contribution in [1.29, 1.82) is 0 Å². The number of aryl methyl sites for hydroxylation is 1. The minimum atomic E-state index is -2.79. The summed E-state index contributed by atoms with van der Waals surface area (Å²) >= 11 is 0. The van der Waals surface area contributed by atoms with Gasteiger partial charge in [-0.05, 0) is 37.5 Å². The molecule has 0 fully saturated rings. The molecule has 23 heavy (non-hydrogen) atoms. The predicted octanol–water partition coefficient (Wildman–Crippen LogP) is 2.97. The summed E-state index contributed by atoms with van der Waals surface area (Å²) in [6, 6.07) is 7.02. The first-order valence-corrected chi connectivity index (χ1v) is 7.93. The highest BCUT2D eigenvalue weighted by Crippen LogP contribution is 2.16. The fourth-order valence-corrected chi connectivity index (χ4v) is 2.03. The van der Waals surface area contributed by atoms with E-state index in [-0.39, 0.29) is 17.6 Å². The Morgan fingerprint density at radius 2 is 1.78 bits per heavy atom. The van der Waals surface area contributed by atoms with E-state index in [0.29, 0.717) is 12.6 Å². The summed E-state index contributed by atoms with van der Waals surface area (Å²) in [6.45, 7) is 4.35. The van der Waals surface area contributed by atoms with Crippen LogP contribution in [0.2, 0.25) is 0 Å². The number of ether oxygens (including phenoxy) is 1. The van der Waals surface area contributed by atoms with Crippen molar-refractivity contribution in [3.8, 4) is 5.75 Å². The van der Waals surface area contributed by atoms with E-state index in [2.05, 4.69) is 22.3 Å². The van der Waals surface area contributed by atoms with Crippen LogP contribution in [0.5, 0.6) is 5.75 Å². The molecule has 130 valence electrons. The fraction of sp³-hybridized carbons (Fsp3) is 0.588. The highest BCUT2D eigenvalue weighted by atomic mass is 19.3. The van der Waals surface area contributed by atoms with E-state index in [1.807, 2.05) is 13.8 Å². The van der Waals surface area contributed by atoms with Gasteiger partial charge in [-0.15, -0.1) is 0 Å². The van der Waals surface area contributed by atoms with Crippen LogP contribution in [-0.2, 0) is 11.2 Å². The van der Waals surface area contributed by atoms with Crippen LogP contribution < -0.4 is 15.4 Å². The first-order chi connectivity index (χ1) is 10.9. The third-order valence-corrected chi connectivity index (χ3v) is 3.46. The number of nitrogens with one attached hydrogen (secondary N) is 2. The fourth-order valence-electron chi connectivity index (χ4n) is 2.03. The molecule has 1 amide bonds. The second-order valence-corrected chi connectivity index (χ2v) is 5.86. The Labute approximate surface area is 136 Å². The van der Waals surface area contributed by atoms with Crippen LogP contribution in [0.3, 0.4) is 0 Å². The molecule has 1 rings (SSSR count). The minimum Gasteiger partial charge on any atom is -0.435 e. The molecule has 1 aromatic carbocycles. The van der Waals surface area contributed by atoms with Gasteiger partial charge in [0.15, 0.2) is 0 Å². The molecule has 0 aliphatic carbocycles. The van der Waals surface area contributed by atoms with E-state index in [1.165, 1.54) is 0 Å². The quantitative estimate of drug-likeness (QED) is 0.649. The van der Waals surface area contributed by atoms with Crippen LogP contribution in [0.4, 0.5) is 8.78 Å². The normalized spacial score (nSPS) is 12.5. The highest BCUT2D eigenvalue weighted by molar-refractivity contribution is 5.77. The molecule has 0 radical (unpaired) electrons. The van der Waals surface area contributed by atoms with E-state index >= 15 is 0 Å². The Morgan fingerprint density at radius 3 is 2.35 bits per heavy atom. The molecule has 1 atom stereocenters. The molecule has 6 heteroatoms. The summed E-state index contributed by atoms with van der Waals surface area (Å²) in [5.74, 6) is 0.242. The third-order valence-electron chi connectivity index (χ3n) is 3.46. The monoisotopic (exact) mass is 328 g/mol. The maximum atomic E-state index is 12.1. The molecule has 1 aromatic rings. The van der Waals surface area contributed by atoms with Gasteiger partial charge in [-0.1, -0.05) is 26.0 Å². The summed E-state index contributed by atoms with van der Waals surface area (Å²) in [4.78, 5) is 11.4. The molecule has 2 N–H and O–H groups in total. The number of alkyl halides is 2. The van der Waals surface area contributed by atoms with Crippen molar-refractivity contribution in [2.24, 2.45) is 5.92 Å². The standard InChI is InChI=1S/C17H26F2N2O2/c1-12(2)16(22)21-11-10-20-13(3)4-5-14-6-8-15(9-7-14)23-17(18)19/h6-9,12-13,17,20H,4-5,10-11H2,1-3H3,(H,21,22). The summed E-state index contributed by atoms with van der Waals surface area (Å²) < 4.78 is 28.4. The maximum Gasteiger partial charge on any atom is 0.387 e. The first-order valence-electron chi connectivity index (χ1n) is 7.93. The van der Waals surface area contributed by atoms with Gasteiger partial charge in [0.2, 0.25) is 5.91 Å². The maximum absolute atomic E-state index is 12.1. The first kappa shape index (κ1) is 19.4. The molecule has 0 aliphatic heterocycles. The van der Waals surface area contributed by atoms with Crippen molar-refractivity contribution < 1.29 is 18.3 Å². The molecule has 0 aliphatic rings. The molecular weight excluding hydrogens is 302 g/mol. The van der Waals surface area contributed by atoms with Crippen molar-refractivity contribution in [3.63, 3.8) is 0 Å². The number of carbonyl (C=O) groups excluding carboxylic acids is 1. The van der Waals surface area contributed by atoms with Gasteiger partial charge in [-0.25, -0.2) is 0 Å². The Morgan fingerprint density at radius 1 is 1.13 bits per heavy atom. The molecule has 0 saturated heterocycles. The van der Waals surface area contributed by atoms with Gasteiger partial charge in [-0.2, -0.15) is 8.78 Å². The Hall–Kier alpha value is -1.69. The molecule has 0 bridgehead atoms. The van der Waals surface area contributed by atoms with Crippen molar-refractivity contribution >= 4 is 5.91 Å². The Bertz CT molecular complexity index is 464. The van der Waals surface area contributed by atoms with Crippen molar-refractivity contribution in [2.45, 2.75) is 46.3 Å². The van der Waals surface area contributed by atoms with Crippen LogP contribution in [0.25, 0.3) is 0 Å². The van der Waals surface area contributed by atoms with E-state index in [1.54, 1.807) is 24.3 Å². The van der Waals surface area contributed by atoms with Crippen molar-refractivity contribution in [3.05, 3.63) is 29.8 Å². The number of carbonyl (C=O) groups is 1. The second-order valence-electron chi connectivity index (χ2n) is 5.86. The van der Waals surface area contributed by atoms with Gasteiger partial charge >= 0.3 is 6.61 Å². The molecule has 0 aromatic heterocycles. The summed E-state index contributed by atoms with van der Waals surface area (Å²) in [5.41, 5.74) is 1.08. The van der Waals surface area contributed by atoms with Crippen LogP contribution in [0.15, 0.2) is 24.3 Å². The second kappa shape index (κ2) is 10.2. The number of hydrogen-bond donors (Lipinski definition) is 2. The highest BCUT2D eigenvalue weighted by Gasteiger charge is 2.07. The van der Waals surface area contributed by atoms with Gasteiger partial charge in [0, 0.05) is 25.0 Å². The van der Waals surface area contributed by atoms with Gasteiger partial charge < -0.3 is 15.4 Å². The van der Waals surface area contributed by atoms with Gasteiger partial charge in [0.25, 0.3) is 0 Å². The molecule has 0 heterocycles. The van der Waals surface area contributed by atoms with Crippen LogP contribution in [-0.4, -0.2) is 31.7 Å². The summed E-state index contributed by atoms with van der Waals surface area (Å²) in [5, 5.41) is 6.20. The predicted molar refractivity (Wildman–Crippen MR) is 86.7 cm³/mol. The zero-order valence-corrected chi connectivity index (χ0v) is 13.9. The molecule has 1 unspecified atom stereocenters. The zero-order valence-electron chi connectivity index (χ0n) is 13.9. The topological polar surface area (TPSA) is 50.4 Å². The van der Waals surface area contributed by atoms with Crippen LogP contribution in [0.1, 0.15) is 32.8 Å². The van der Waals surface area contributed by atoms with E-state index in [0.717, 1.165) is 24.9 Å². The number of benzene rings is 1. The lowest BCUT2D eigenvalue weighted by Crippen LogP contribution is -2.37. The van der Waals surface area contributed by atoms with Gasteiger partial charge in [0.05, 0.1) is 0 Å². The van der Waals surface area contributed by atoms with Crippen LogP contribution >= 0.6 is 0 Å². The van der Waals surface area contributed by atoms with Gasteiger partial charge in [0.1, 0.15) is 5.75 Å². The zero-order chi connectivity index (χ0) is 17.2. The molecule has 0 spiro atoms. The number of amides is 1. The van der Waals surface area contributed by atoms with Crippen molar-refractivity contribution in [2.75, 3.05) is 13.1 Å². The largest absolute Gasteiger partial charge is 0.435 e. The number of rotatable bonds is 10. The van der Waals surface area contributed by atoms with Crippen molar-refractivity contribution in [1.82, 2.24) is 10.6 Å². The summed E-state index contributed by atoms with van der Waals surface area (Å²) in [6.07, 6.45) is 1.77. The summed E-state index contributed by atoms with van der Waals surface area (Å²) in [7, 11) is 0. The lowest BCUT2D eigenvalue weighted by atomic mass is 10.1. The SMILES string of the molecule is CC(CCc1ccc(OC(F)F)cc1)NCCNC(=O)C(C)C. The molecular formula is C17H26F2N2O2. The number of halogens is 2.